The molecule has 3 rings (SSSR count). The predicted molar refractivity (Wildman–Crippen MR) is 81.7 cm³/mol. The van der Waals surface area contributed by atoms with Crippen LogP contribution in [0.2, 0.25) is 0 Å². The van der Waals surface area contributed by atoms with Gasteiger partial charge in [0.2, 0.25) is 0 Å². The molecule has 0 aliphatic rings. The van der Waals surface area contributed by atoms with Gasteiger partial charge in [-0.25, -0.2) is 4.98 Å². The molecule has 0 aliphatic heterocycles. The zero-order valence-electron chi connectivity index (χ0n) is 12.5. The van der Waals surface area contributed by atoms with E-state index in [2.05, 4.69) is 31.1 Å². The first-order chi connectivity index (χ1) is 10.2. The lowest BCUT2D eigenvalue weighted by Gasteiger charge is -2.04. The highest BCUT2D eigenvalue weighted by atomic mass is 15.3. The Kier molecular flexibility index (Phi) is 3.22. The van der Waals surface area contributed by atoms with Gasteiger partial charge in [0.25, 0.3) is 0 Å². The van der Waals surface area contributed by atoms with Crippen LogP contribution in [0.3, 0.4) is 0 Å². The van der Waals surface area contributed by atoms with E-state index in [1.54, 1.807) is 6.07 Å². The molecule has 106 valence electrons. The number of hydrogen-bond acceptors (Lipinski definition) is 3. The lowest BCUT2D eigenvalue weighted by Crippen LogP contribution is -2.03. The number of nitriles is 1. The zero-order valence-corrected chi connectivity index (χ0v) is 12.5. The summed E-state index contributed by atoms with van der Waals surface area (Å²) in [5, 5.41) is 13.6. The van der Waals surface area contributed by atoms with E-state index in [0.29, 0.717) is 5.56 Å². The number of fused-ring (bicyclic) bond motifs is 1. The van der Waals surface area contributed by atoms with Crippen LogP contribution >= 0.6 is 0 Å². The van der Waals surface area contributed by atoms with Crippen LogP contribution in [0.5, 0.6) is 0 Å². The van der Waals surface area contributed by atoms with Crippen LogP contribution < -0.4 is 0 Å². The fraction of sp³-hybridized carbons (Fsp3) is 0.312. The number of benzene rings is 1. The monoisotopic (exact) mass is 279 g/mol. The van der Waals surface area contributed by atoms with Crippen molar-refractivity contribution in [1.82, 2.24) is 19.3 Å². The predicted octanol–water partition coefficient (Wildman–Crippen LogP) is 2.89. The average Bonchev–Trinajstić information content (AvgIpc) is 3.08. The molecular weight excluding hydrogens is 262 g/mol. The molecule has 0 amide bonds. The van der Waals surface area contributed by atoms with Crippen LogP contribution in [-0.4, -0.2) is 19.3 Å². The van der Waals surface area contributed by atoms with Crippen molar-refractivity contribution < 1.29 is 0 Å². The van der Waals surface area contributed by atoms with Gasteiger partial charge in [-0.3, -0.25) is 4.68 Å². The fourth-order valence-electron chi connectivity index (χ4n) is 2.55. The van der Waals surface area contributed by atoms with Crippen molar-refractivity contribution in [2.45, 2.75) is 26.8 Å². The lowest BCUT2D eigenvalue weighted by atomic mass is 10.2. The summed E-state index contributed by atoms with van der Waals surface area (Å²) < 4.78 is 4.00. The Labute approximate surface area is 123 Å². The van der Waals surface area contributed by atoms with Gasteiger partial charge in [-0.1, -0.05) is 6.92 Å². The van der Waals surface area contributed by atoms with Gasteiger partial charge >= 0.3 is 0 Å². The summed E-state index contributed by atoms with van der Waals surface area (Å²) in [7, 11) is 1.98. The largest absolute Gasteiger partial charge is 0.326 e. The number of rotatable bonds is 3. The summed E-state index contributed by atoms with van der Waals surface area (Å²) in [6, 6.07) is 9.83. The molecule has 0 saturated heterocycles. The van der Waals surface area contributed by atoms with E-state index in [0.717, 1.165) is 41.2 Å². The smallest absolute Gasteiger partial charge is 0.159 e. The van der Waals surface area contributed by atoms with Crippen molar-refractivity contribution in [3.05, 3.63) is 35.5 Å². The Bertz CT molecular complexity index is 848. The first-order valence-corrected chi connectivity index (χ1v) is 7.11. The molecule has 0 aliphatic carbocycles. The van der Waals surface area contributed by atoms with E-state index < -0.39 is 0 Å². The Hall–Kier alpha value is -2.61. The SMILES string of the molecule is CCc1cc(-c2nc3ccc(C#N)cc3n2C)n(CC)n1. The summed E-state index contributed by atoms with van der Waals surface area (Å²) in [5.74, 6) is 0.883. The van der Waals surface area contributed by atoms with Crippen molar-refractivity contribution in [3.8, 4) is 17.6 Å². The van der Waals surface area contributed by atoms with Gasteiger partial charge in [0.1, 0.15) is 5.69 Å². The quantitative estimate of drug-likeness (QED) is 0.740. The first kappa shape index (κ1) is 13.4. The lowest BCUT2D eigenvalue weighted by molar-refractivity contribution is 0.650. The van der Waals surface area contributed by atoms with Gasteiger partial charge in [0.15, 0.2) is 5.82 Å². The molecule has 0 atom stereocenters. The minimum atomic E-state index is 0.648. The molecule has 0 fully saturated rings. The second kappa shape index (κ2) is 5.06. The average molecular weight is 279 g/mol. The van der Waals surface area contributed by atoms with Gasteiger partial charge in [-0.15, -0.1) is 0 Å². The van der Waals surface area contributed by atoms with Gasteiger partial charge < -0.3 is 4.57 Å². The Morgan fingerprint density at radius 2 is 2.05 bits per heavy atom. The van der Waals surface area contributed by atoms with Gasteiger partial charge in [0.05, 0.1) is 28.4 Å². The van der Waals surface area contributed by atoms with Crippen molar-refractivity contribution >= 4 is 11.0 Å². The summed E-state index contributed by atoms with van der Waals surface area (Å²) >= 11 is 0. The number of imidazole rings is 1. The minimum absolute atomic E-state index is 0.648. The molecule has 0 spiro atoms. The first-order valence-electron chi connectivity index (χ1n) is 7.11. The molecule has 5 nitrogen and oxygen atoms in total. The number of aryl methyl sites for hydroxylation is 3. The number of aromatic nitrogens is 4. The van der Waals surface area contributed by atoms with Gasteiger partial charge in [0, 0.05) is 13.6 Å². The Balaban J connectivity index is 2.23. The van der Waals surface area contributed by atoms with E-state index >= 15 is 0 Å². The molecule has 5 heteroatoms. The van der Waals surface area contributed by atoms with E-state index in [4.69, 9.17) is 10.2 Å². The summed E-state index contributed by atoms with van der Waals surface area (Å²) in [6.45, 7) is 4.98. The Morgan fingerprint density at radius 1 is 1.24 bits per heavy atom. The molecule has 21 heavy (non-hydrogen) atoms. The molecule has 2 aromatic heterocycles. The van der Waals surface area contributed by atoms with Crippen LogP contribution in [0, 0.1) is 11.3 Å². The van der Waals surface area contributed by atoms with E-state index in [1.807, 2.05) is 28.4 Å². The maximum atomic E-state index is 9.04. The third-order valence-corrected chi connectivity index (χ3v) is 3.73. The Morgan fingerprint density at radius 3 is 2.71 bits per heavy atom. The highest BCUT2D eigenvalue weighted by molar-refractivity contribution is 5.81. The van der Waals surface area contributed by atoms with Crippen molar-refractivity contribution in [2.24, 2.45) is 7.05 Å². The third-order valence-electron chi connectivity index (χ3n) is 3.73. The molecule has 2 heterocycles. The van der Waals surface area contributed by atoms with Crippen molar-refractivity contribution in [3.63, 3.8) is 0 Å². The highest BCUT2D eigenvalue weighted by Gasteiger charge is 2.15. The number of hydrogen-bond donors (Lipinski definition) is 0. The second-order valence-electron chi connectivity index (χ2n) is 5.00. The van der Waals surface area contributed by atoms with Gasteiger partial charge in [-0.05, 0) is 37.6 Å². The van der Waals surface area contributed by atoms with Crippen LogP contribution in [0.25, 0.3) is 22.6 Å². The molecule has 1 aromatic carbocycles. The van der Waals surface area contributed by atoms with Crippen LogP contribution in [0.15, 0.2) is 24.3 Å². The topological polar surface area (TPSA) is 59.4 Å². The van der Waals surface area contributed by atoms with Crippen LogP contribution in [0.1, 0.15) is 25.1 Å². The third kappa shape index (κ3) is 2.09. The van der Waals surface area contributed by atoms with Crippen molar-refractivity contribution in [2.75, 3.05) is 0 Å². The van der Waals surface area contributed by atoms with E-state index in [1.165, 1.54) is 0 Å². The zero-order chi connectivity index (χ0) is 15.0. The molecule has 0 unspecified atom stereocenters. The number of nitrogens with zero attached hydrogens (tertiary/aromatic N) is 5. The molecule has 0 radical (unpaired) electrons. The molecular formula is C16H17N5. The molecule has 0 saturated carbocycles. The highest BCUT2D eigenvalue weighted by Crippen LogP contribution is 2.25. The van der Waals surface area contributed by atoms with Crippen LogP contribution in [0.4, 0.5) is 0 Å². The van der Waals surface area contributed by atoms with E-state index in [9.17, 15) is 0 Å². The van der Waals surface area contributed by atoms with E-state index in [-0.39, 0.29) is 0 Å². The molecule has 0 N–H and O–H groups in total. The van der Waals surface area contributed by atoms with Crippen LogP contribution in [-0.2, 0) is 20.0 Å². The molecule has 3 aromatic rings. The maximum Gasteiger partial charge on any atom is 0.159 e. The summed E-state index contributed by atoms with van der Waals surface area (Å²) in [6.07, 6.45) is 0.905. The fourth-order valence-corrected chi connectivity index (χ4v) is 2.55. The second-order valence-corrected chi connectivity index (χ2v) is 5.00. The van der Waals surface area contributed by atoms with Gasteiger partial charge in [-0.2, -0.15) is 10.4 Å². The maximum absolute atomic E-state index is 9.04. The standard InChI is InChI=1S/C16H17N5/c1-4-12-9-15(21(5-2)19-12)16-18-13-7-6-11(10-17)8-14(13)20(16)3/h6-9H,4-5H2,1-3H3. The summed E-state index contributed by atoms with van der Waals surface area (Å²) in [4.78, 5) is 4.71. The summed E-state index contributed by atoms with van der Waals surface area (Å²) in [5.41, 5.74) is 4.60. The molecule has 0 bridgehead atoms. The normalized spacial score (nSPS) is 11.0. The minimum Gasteiger partial charge on any atom is -0.326 e. The van der Waals surface area contributed by atoms with Crippen molar-refractivity contribution in [1.29, 1.82) is 5.26 Å².